The lowest BCUT2D eigenvalue weighted by Gasteiger charge is -2.26. The Morgan fingerprint density at radius 3 is 2.38 bits per heavy atom. The molecule has 9 heteroatoms. The van der Waals surface area contributed by atoms with E-state index in [1.807, 2.05) is 0 Å². The van der Waals surface area contributed by atoms with E-state index in [1.54, 1.807) is 11.8 Å². The van der Waals surface area contributed by atoms with Crippen LogP contribution in [0.4, 0.5) is 13.2 Å². The fraction of sp³-hybridized carbons (Fsp3) is 0.333. The van der Waals surface area contributed by atoms with Crippen LogP contribution in [0.5, 0.6) is 0 Å². The number of rotatable bonds is 2. The van der Waals surface area contributed by atoms with Crippen molar-refractivity contribution in [1.29, 1.82) is 0 Å². The predicted molar refractivity (Wildman–Crippen MR) is 86.8 cm³/mol. The number of carbonyl (C=O) groups excluding carboxylic acids is 1. The van der Waals surface area contributed by atoms with E-state index in [2.05, 4.69) is 5.10 Å². The Balaban J connectivity index is 2.04. The average molecular weight is 376 g/mol. The number of hydrogen-bond donors (Lipinski definition) is 0. The van der Waals surface area contributed by atoms with Gasteiger partial charge in [-0.25, -0.2) is 4.68 Å². The van der Waals surface area contributed by atoms with Crippen LogP contribution in [0.15, 0.2) is 30.5 Å². The van der Waals surface area contributed by atoms with Gasteiger partial charge in [0, 0.05) is 29.6 Å². The third-order valence-electron chi connectivity index (χ3n) is 3.64. The van der Waals surface area contributed by atoms with Gasteiger partial charge in [0.15, 0.2) is 5.69 Å². The summed E-state index contributed by atoms with van der Waals surface area (Å²) >= 11 is 7.45. The van der Waals surface area contributed by atoms with Gasteiger partial charge in [0.05, 0.1) is 17.4 Å². The monoisotopic (exact) mass is 375 g/mol. The van der Waals surface area contributed by atoms with Crippen molar-refractivity contribution in [1.82, 2.24) is 14.7 Å². The molecule has 0 N–H and O–H groups in total. The zero-order valence-corrected chi connectivity index (χ0v) is 14.0. The maximum atomic E-state index is 13.6. The van der Waals surface area contributed by atoms with Crippen molar-refractivity contribution < 1.29 is 18.0 Å². The van der Waals surface area contributed by atoms with Gasteiger partial charge in [-0.1, -0.05) is 11.6 Å². The highest BCUT2D eigenvalue weighted by Crippen LogP contribution is 2.34. The first-order chi connectivity index (χ1) is 11.4. The maximum Gasteiger partial charge on any atom is 0.434 e. The molecule has 0 spiro atoms. The lowest BCUT2D eigenvalue weighted by atomic mass is 10.2. The molecule has 1 aromatic heterocycles. The second-order valence-electron chi connectivity index (χ2n) is 5.20. The van der Waals surface area contributed by atoms with E-state index in [9.17, 15) is 18.0 Å². The zero-order chi connectivity index (χ0) is 17.3. The van der Waals surface area contributed by atoms with Crippen molar-refractivity contribution in [3.8, 4) is 5.69 Å². The molecule has 2 aromatic rings. The van der Waals surface area contributed by atoms with Gasteiger partial charge in [0.1, 0.15) is 0 Å². The number of hydrogen-bond acceptors (Lipinski definition) is 3. The van der Waals surface area contributed by atoms with Crippen LogP contribution in [0.3, 0.4) is 0 Å². The van der Waals surface area contributed by atoms with Gasteiger partial charge in [0.2, 0.25) is 0 Å². The van der Waals surface area contributed by atoms with Crippen molar-refractivity contribution in [3.63, 3.8) is 0 Å². The molecule has 1 aliphatic rings. The molecule has 0 aliphatic carbocycles. The van der Waals surface area contributed by atoms with Crippen LogP contribution in [-0.4, -0.2) is 45.2 Å². The number of benzene rings is 1. The highest BCUT2D eigenvalue weighted by atomic mass is 35.5. The summed E-state index contributed by atoms with van der Waals surface area (Å²) in [6, 6.07) is 5.80. The minimum Gasteiger partial charge on any atom is -0.337 e. The highest BCUT2D eigenvalue weighted by molar-refractivity contribution is 7.99. The summed E-state index contributed by atoms with van der Waals surface area (Å²) in [5, 5.41) is 4.20. The number of carbonyl (C=O) groups is 1. The standard InChI is InChI=1S/C15H13ClF3N3OS/c16-10-1-3-11(4-2-10)22-13(15(17,18)19)12(9-20-22)14(23)21-5-7-24-8-6-21/h1-4,9H,5-8H2. The fourth-order valence-corrected chi connectivity index (χ4v) is 3.52. The number of nitrogens with zero attached hydrogens (tertiary/aromatic N) is 3. The molecule has 0 bridgehead atoms. The van der Waals surface area contributed by atoms with Crippen LogP contribution < -0.4 is 0 Å². The van der Waals surface area contributed by atoms with Crippen LogP contribution in [-0.2, 0) is 6.18 Å². The molecule has 1 amide bonds. The smallest absolute Gasteiger partial charge is 0.337 e. The number of halogens is 4. The SMILES string of the molecule is O=C(c1cnn(-c2ccc(Cl)cc2)c1C(F)(F)F)N1CCSCC1. The molecule has 0 unspecified atom stereocenters. The molecule has 1 saturated heterocycles. The summed E-state index contributed by atoms with van der Waals surface area (Å²) in [7, 11) is 0. The Bertz CT molecular complexity index is 739. The summed E-state index contributed by atoms with van der Waals surface area (Å²) < 4.78 is 41.5. The van der Waals surface area contributed by atoms with Gasteiger partial charge in [-0.3, -0.25) is 4.79 Å². The topological polar surface area (TPSA) is 38.1 Å². The highest BCUT2D eigenvalue weighted by Gasteiger charge is 2.41. The number of amides is 1. The second kappa shape index (κ2) is 6.68. The summed E-state index contributed by atoms with van der Waals surface area (Å²) in [6.07, 6.45) is -3.72. The quantitative estimate of drug-likeness (QED) is 0.802. The normalized spacial score (nSPS) is 15.6. The van der Waals surface area contributed by atoms with Crippen molar-refractivity contribution in [2.24, 2.45) is 0 Å². The van der Waals surface area contributed by atoms with Crippen LogP contribution >= 0.6 is 23.4 Å². The summed E-state index contributed by atoms with van der Waals surface area (Å²) in [6.45, 7) is 0.875. The third kappa shape index (κ3) is 3.39. The van der Waals surface area contributed by atoms with E-state index in [-0.39, 0.29) is 5.69 Å². The van der Waals surface area contributed by atoms with Crippen LogP contribution in [0.25, 0.3) is 5.69 Å². The van der Waals surface area contributed by atoms with Gasteiger partial charge < -0.3 is 4.90 Å². The molecule has 24 heavy (non-hydrogen) atoms. The third-order valence-corrected chi connectivity index (χ3v) is 4.83. The Morgan fingerprint density at radius 2 is 1.79 bits per heavy atom. The van der Waals surface area contributed by atoms with Crippen molar-refractivity contribution in [2.45, 2.75) is 6.18 Å². The van der Waals surface area contributed by atoms with E-state index in [1.165, 1.54) is 29.2 Å². The van der Waals surface area contributed by atoms with E-state index in [0.717, 1.165) is 22.4 Å². The minimum atomic E-state index is -4.70. The van der Waals surface area contributed by atoms with Gasteiger partial charge in [0.25, 0.3) is 5.91 Å². The fourth-order valence-electron chi connectivity index (χ4n) is 2.49. The second-order valence-corrected chi connectivity index (χ2v) is 6.86. The van der Waals surface area contributed by atoms with Crippen LogP contribution in [0.2, 0.25) is 5.02 Å². The Morgan fingerprint density at radius 1 is 1.17 bits per heavy atom. The van der Waals surface area contributed by atoms with Gasteiger partial charge in [-0.05, 0) is 24.3 Å². The van der Waals surface area contributed by atoms with Crippen LogP contribution in [0.1, 0.15) is 16.1 Å². The molecule has 128 valence electrons. The molecule has 1 fully saturated rings. The lowest BCUT2D eigenvalue weighted by Crippen LogP contribution is -2.38. The number of thioether (sulfide) groups is 1. The molecule has 4 nitrogen and oxygen atoms in total. The summed E-state index contributed by atoms with van der Waals surface area (Å²) in [5.41, 5.74) is -1.29. The van der Waals surface area contributed by atoms with E-state index < -0.39 is 23.3 Å². The van der Waals surface area contributed by atoms with E-state index >= 15 is 0 Å². The van der Waals surface area contributed by atoms with Gasteiger partial charge >= 0.3 is 6.18 Å². The maximum absolute atomic E-state index is 13.6. The molecule has 0 radical (unpaired) electrons. The molecular weight excluding hydrogens is 363 g/mol. The Labute approximate surface area is 145 Å². The Kier molecular flexibility index (Phi) is 4.78. The zero-order valence-electron chi connectivity index (χ0n) is 12.4. The van der Waals surface area contributed by atoms with Crippen molar-refractivity contribution in [2.75, 3.05) is 24.6 Å². The number of aromatic nitrogens is 2. The average Bonchev–Trinajstić information content (AvgIpc) is 3.01. The van der Waals surface area contributed by atoms with Crippen molar-refractivity contribution in [3.05, 3.63) is 46.7 Å². The van der Waals surface area contributed by atoms with Gasteiger partial charge in [-0.2, -0.15) is 30.0 Å². The molecule has 0 saturated carbocycles. The van der Waals surface area contributed by atoms with Crippen LogP contribution in [0, 0.1) is 0 Å². The summed E-state index contributed by atoms with van der Waals surface area (Å²) in [5.74, 6) is 0.805. The molecular formula is C15H13ClF3N3OS. The largest absolute Gasteiger partial charge is 0.434 e. The first-order valence-corrected chi connectivity index (χ1v) is 8.69. The first-order valence-electron chi connectivity index (χ1n) is 7.16. The minimum absolute atomic E-state index is 0.194. The summed E-state index contributed by atoms with van der Waals surface area (Å²) in [4.78, 5) is 13.9. The van der Waals surface area contributed by atoms with Gasteiger partial charge in [-0.15, -0.1) is 0 Å². The molecule has 3 rings (SSSR count). The van der Waals surface area contributed by atoms with E-state index in [0.29, 0.717) is 18.1 Å². The predicted octanol–water partition coefficient (Wildman–Crippen LogP) is 3.73. The first kappa shape index (κ1) is 17.2. The lowest BCUT2D eigenvalue weighted by molar-refractivity contribution is -0.143. The molecule has 0 atom stereocenters. The Hall–Kier alpha value is -1.67. The van der Waals surface area contributed by atoms with Crippen molar-refractivity contribution >= 4 is 29.3 Å². The molecule has 2 heterocycles. The molecule has 1 aliphatic heterocycles. The number of alkyl halides is 3. The van der Waals surface area contributed by atoms with E-state index in [4.69, 9.17) is 11.6 Å². The molecule has 1 aromatic carbocycles.